The second-order valence-corrected chi connectivity index (χ2v) is 5.88. The van der Waals surface area contributed by atoms with Gasteiger partial charge in [-0.3, -0.25) is 4.79 Å². The molecule has 3 nitrogen and oxygen atoms in total. The van der Waals surface area contributed by atoms with Crippen LogP contribution in [0.15, 0.2) is 30.3 Å². The van der Waals surface area contributed by atoms with Crippen molar-refractivity contribution in [1.29, 1.82) is 0 Å². The molecule has 2 rings (SSSR count). The number of carbonyl (C=O) groups is 1. The number of hydrogen-bond acceptors (Lipinski definition) is 2. The maximum Gasteiger partial charge on any atom is 0.246 e. The van der Waals surface area contributed by atoms with E-state index in [0.717, 1.165) is 37.1 Å². The molecule has 0 aliphatic carbocycles. The molecule has 114 valence electrons. The number of halogens is 1. The standard InChI is InChI=1S/C17H23FN2O/c1-12(14-5-7-16(18)8-6-14)10-17(21)20-9-3-4-15(11-20)13(2)19/h5-8,10,13,15H,3-4,9,11,19H2,1-2H3/b12-10-. The second-order valence-electron chi connectivity index (χ2n) is 5.88. The summed E-state index contributed by atoms with van der Waals surface area (Å²) in [6.45, 7) is 5.38. The van der Waals surface area contributed by atoms with Crippen molar-refractivity contribution in [2.45, 2.75) is 32.7 Å². The summed E-state index contributed by atoms with van der Waals surface area (Å²) in [5, 5.41) is 0. The third-order valence-electron chi connectivity index (χ3n) is 4.15. The zero-order valence-corrected chi connectivity index (χ0v) is 12.7. The van der Waals surface area contributed by atoms with E-state index in [1.165, 1.54) is 12.1 Å². The second kappa shape index (κ2) is 6.85. The highest BCUT2D eigenvalue weighted by atomic mass is 19.1. The lowest BCUT2D eigenvalue weighted by Crippen LogP contribution is -2.44. The van der Waals surface area contributed by atoms with Crippen LogP contribution in [0.1, 0.15) is 32.3 Å². The minimum Gasteiger partial charge on any atom is -0.339 e. The van der Waals surface area contributed by atoms with Crippen molar-refractivity contribution >= 4 is 11.5 Å². The average molecular weight is 290 g/mol. The van der Waals surface area contributed by atoms with Gasteiger partial charge in [0.2, 0.25) is 5.91 Å². The van der Waals surface area contributed by atoms with E-state index in [0.29, 0.717) is 5.92 Å². The van der Waals surface area contributed by atoms with E-state index in [9.17, 15) is 9.18 Å². The molecule has 0 radical (unpaired) electrons. The number of hydrogen-bond donors (Lipinski definition) is 1. The summed E-state index contributed by atoms with van der Waals surface area (Å²) in [5.41, 5.74) is 7.66. The Bertz CT molecular complexity index is 522. The normalized spacial score (nSPS) is 21.2. The van der Waals surface area contributed by atoms with Crippen LogP contribution in [0.25, 0.3) is 5.57 Å². The SMILES string of the molecule is C/C(=C/C(=O)N1CCCC(C(C)N)C1)c1ccc(F)cc1. The molecule has 1 amide bonds. The third kappa shape index (κ3) is 4.14. The number of piperidine rings is 1. The largest absolute Gasteiger partial charge is 0.339 e. The third-order valence-corrected chi connectivity index (χ3v) is 4.15. The van der Waals surface area contributed by atoms with Crippen LogP contribution in [-0.2, 0) is 4.79 Å². The minimum atomic E-state index is -0.270. The summed E-state index contributed by atoms with van der Waals surface area (Å²) in [6.07, 6.45) is 3.72. The number of nitrogens with two attached hydrogens (primary N) is 1. The van der Waals surface area contributed by atoms with Gasteiger partial charge in [0.05, 0.1) is 0 Å². The Morgan fingerprint density at radius 1 is 1.43 bits per heavy atom. The van der Waals surface area contributed by atoms with E-state index < -0.39 is 0 Å². The van der Waals surface area contributed by atoms with Crippen molar-refractivity contribution in [3.8, 4) is 0 Å². The first-order chi connectivity index (χ1) is 9.97. The first kappa shape index (κ1) is 15.7. The first-order valence-corrected chi connectivity index (χ1v) is 7.46. The van der Waals surface area contributed by atoms with Gasteiger partial charge >= 0.3 is 0 Å². The quantitative estimate of drug-likeness (QED) is 0.870. The van der Waals surface area contributed by atoms with Gasteiger partial charge in [0, 0.05) is 25.2 Å². The molecule has 0 saturated carbocycles. The van der Waals surface area contributed by atoms with Gasteiger partial charge < -0.3 is 10.6 Å². The van der Waals surface area contributed by atoms with Crippen LogP contribution < -0.4 is 5.73 Å². The molecule has 1 saturated heterocycles. The van der Waals surface area contributed by atoms with Crippen molar-refractivity contribution in [2.75, 3.05) is 13.1 Å². The highest BCUT2D eigenvalue weighted by Crippen LogP contribution is 2.20. The molecule has 1 aliphatic rings. The van der Waals surface area contributed by atoms with Gasteiger partial charge in [0.25, 0.3) is 0 Å². The fourth-order valence-corrected chi connectivity index (χ4v) is 2.71. The van der Waals surface area contributed by atoms with Crippen LogP contribution in [0.4, 0.5) is 4.39 Å². The molecule has 2 unspecified atom stereocenters. The number of likely N-dealkylation sites (tertiary alicyclic amines) is 1. The Balaban J connectivity index is 2.05. The Labute approximate surface area is 125 Å². The molecule has 1 aromatic carbocycles. The molecule has 4 heteroatoms. The van der Waals surface area contributed by atoms with Crippen LogP contribution in [0.5, 0.6) is 0 Å². The first-order valence-electron chi connectivity index (χ1n) is 7.46. The van der Waals surface area contributed by atoms with Crippen molar-refractivity contribution in [1.82, 2.24) is 4.90 Å². The Morgan fingerprint density at radius 2 is 2.10 bits per heavy atom. The average Bonchev–Trinajstić information content (AvgIpc) is 2.48. The highest BCUT2D eigenvalue weighted by molar-refractivity contribution is 5.94. The number of allylic oxidation sites excluding steroid dienone is 1. The van der Waals surface area contributed by atoms with Crippen molar-refractivity contribution < 1.29 is 9.18 Å². The van der Waals surface area contributed by atoms with Crippen LogP contribution in [0.2, 0.25) is 0 Å². The lowest BCUT2D eigenvalue weighted by Gasteiger charge is -2.34. The fraction of sp³-hybridized carbons (Fsp3) is 0.471. The summed E-state index contributed by atoms with van der Waals surface area (Å²) in [4.78, 5) is 14.2. The van der Waals surface area contributed by atoms with Gasteiger partial charge in [0.1, 0.15) is 5.82 Å². The molecular weight excluding hydrogens is 267 g/mol. The van der Waals surface area contributed by atoms with Gasteiger partial charge in [-0.05, 0) is 55.9 Å². The van der Waals surface area contributed by atoms with E-state index >= 15 is 0 Å². The van der Waals surface area contributed by atoms with Crippen LogP contribution in [-0.4, -0.2) is 29.9 Å². The molecule has 2 N–H and O–H groups in total. The van der Waals surface area contributed by atoms with Crippen LogP contribution in [0, 0.1) is 11.7 Å². The Morgan fingerprint density at radius 3 is 2.71 bits per heavy atom. The molecule has 1 heterocycles. The van der Waals surface area contributed by atoms with Gasteiger partial charge in [-0.2, -0.15) is 0 Å². The predicted octanol–water partition coefficient (Wildman–Crippen LogP) is 2.81. The van der Waals surface area contributed by atoms with Crippen LogP contribution in [0.3, 0.4) is 0 Å². The number of nitrogens with zero attached hydrogens (tertiary/aromatic N) is 1. The molecule has 0 spiro atoms. The van der Waals surface area contributed by atoms with E-state index in [-0.39, 0.29) is 17.8 Å². The number of rotatable bonds is 3. The maximum absolute atomic E-state index is 12.9. The Hall–Kier alpha value is -1.68. The van der Waals surface area contributed by atoms with Gasteiger partial charge in [-0.1, -0.05) is 12.1 Å². The number of benzene rings is 1. The number of amides is 1. The van der Waals surface area contributed by atoms with Gasteiger partial charge in [-0.25, -0.2) is 4.39 Å². The van der Waals surface area contributed by atoms with E-state index in [2.05, 4.69) is 0 Å². The zero-order chi connectivity index (χ0) is 15.4. The number of carbonyl (C=O) groups excluding carboxylic acids is 1. The lowest BCUT2D eigenvalue weighted by atomic mass is 9.92. The van der Waals surface area contributed by atoms with E-state index in [4.69, 9.17) is 5.73 Å². The van der Waals surface area contributed by atoms with Gasteiger partial charge in [0.15, 0.2) is 0 Å². The summed E-state index contributed by atoms with van der Waals surface area (Å²) >= 11 is 0. The molecule has 2 atom stereocenters. The molecule has 21 heavy (non-hydrogen) atoms. The van der Waals surface area contributed by atoms with E-state index in [1.54, 1.807) is 18.2 Å². The predicted molar refractivity (Wildman–Crippen MR) is 83.0 cm³/mol. The zero-order valence-electron chi connectivity index (χ0n) is 12.7. The Kier molecular flexibility index (Phi) is 5.12. The van der Waals surface area contributed by atoms with E-state index in [1.807, 2.05) is 18.7 Å². The van der Waals surface area contributed by atoms with Crippen molar-refractivity contribution in [3.05, 3.63) is 41.7 Å². The van der Waals surface area contributed by atoms with Crippen molar-refractivity contribution in [3.63, 3.8) is 0 Å². The molecule has 1 fully saturated rings. The maximum atomic E-state index is 12.9. The molecular formula is C17H23FN2O. The smallest absolute Gasteiger partial charge is 0.246 e. The summed E-state index contributed by atoms with van der Waals surface area (Å²) in [7, 11) is 0. The monoisotopic (exact) mass is 290 g/mol. The van der Waals surface area contributed by atoms with Gasteiger partial charge in [-0.15, -0.1) is 0 Å². The molecule has 0 bridgehead atoms. The minimum absolute atomic E-state index is 0.0159. The summed E-state index contributed by atoms with van der Waals surface area (Å²) < 4.78 is 12.9. The molecule has 1 aliphatic heterocycles. The fourth-order valence-electron chi connectivity index (χ4n) is 2.71. The van der Waals surface area contributed by atoms with Crippen molar-refractivity contribution in [2.24, 2.45) is 11.7 Å². The van der Waals surface area contributed by atoms with Crippen LogP contribution >= 0.6 is 0 Å². The highest BCUT2D eigenvalue weighted by Gasteiger charge is 2.24. The lowest BCUT2D eigenvalue weighted by molar-refractivity contribution is -0.127. The molecule has 0 aromatic heterocycles. The summed E-state index contributed by atoms with van der Waals surface area (Å²) in [5.74, 6) is 0.123. The topological polar surface area (TPSA) is 46.3 Å². The summed E-state index contributed by atoms with van der Waals surface area (Å²) in [6, 6.07) is 6.31. The molecule has 1 aromatic rings.